The maximum Gasteiger partial charge on any atom is 0.248 e. The first-order valence-corrected chi connectivity index (χ1v) is 9.28. The predicted octanol–water partition coefficient (Wildman–Crippen LogP) is 2.26. The molecule has 1 amide bonds. The number of hydrogen-bond donors (Lipinski definition) is 1. The minimum Gasteiger partial charge on any atom is -0.494 e. The quantitative estimate of drug-likeness (QED) is 0.787. The molecule has 4 rings (SSSR count). The van der Waals surface area contributed by atoms with Crippen LogP contribution in [0.5, 0.6) is 5.75 Å². The fourth-order valence-corrected chi connectivity index (χ4v) is 3.52. The zero-order chi connectivity index (χ0) is 18.8. The Morgan fingerprint density at radius 1 is 1.22 bits per heavy atom. The van der Waals surface area contributed by atoms with Crippen molar-refractivity contribution in [1.82, 2.24) is 15.1 Å². The summed E-state index contributed by atoms with van der Waals surface area (Å²) in [6.45, 7) is 2.54. The van der Waals surface area contributed by atoms with Gasteiger partial charge in [0.25, 0.3) is 0 Å². The molecule has 6 heteroatoms. The van der Waals surface area contributed by atoms with Crippen molar-refractivity contribution >= 4 is 11.7 Å². The van der Waals surface area contributed by atoms with Gasteiger partial charge in [0.2, 0.25) is 5.91 Å². The number of aliphatic imine (C=N–C) groups is 1. The lowest BCUT2D eigenvalue weighted by Gasteiger charge is -2.27. The van der Waals surface area contributed by atoms with Gasteiger partial charge in [0, 0.05) is 48.6 Å². The lowest BCUT2D eigenvalue weighted by atomic mass is 10.1. The molecule has 0 aliphatic carbocycles. The third kappa shape index (κ3) is 3.66. The van der Waals surface area contributed by atoms with Crippen molar-refractivity contribution in [3.8, 4) is 5.75 Å². The molecule has 0 saturated heterocycles. The maximum absolute atomic E-state index is 11.8. The van der Waals surface area contributed by atoms with Crippen LogP contribution in [-0.4, -0.2) is 55.3 Å². The van der Waals surface area contributed by atoms with Crippen LogP contribution in [0, 0.1) is 0 Å². The zero-order valence-electron chi connectivity index (χ0n) is 15.7. The highest BCUT2D eigenvalue weighted by atomic mass is 16.5. The summed E-state index contributed by atoms with van der Waals surface area (Å²) in [6, 6.07) is 8.07. The van der Waals surface area contributed by atoms with Crippen LogP contribution >= 0.6 is 0 Å². The second-order valence-corrected chi connectivity index (χ2v) is 7.12. The minimum atomic E-state index is -0.0769. The number of nitrogens with one attached hydrogen (secondary N) is 1. The van der Waals surface area contributed by atoms with E-state index in [0.717, 1.165) is 60.0 Å². The van der Waals surface area contributed by atoms with E-state index in [9.17, 15) is 4.79 Å². The van der Waals surface area contributed by atoms with Crippen molar-refractivity contribution in [3.63, 3.8) is 0 Å². The van der Waals surface area contributed by atoms with Crippen molar-refractivity contribution in [2.45, 2.75) is 12.8 Å². The van der Waals surface area contributed by atoms with Crippen LogP contribution < -0.4 is 10.1 Å². The van der Waals surface area contributed by atoms with Gasteiger partial charge in [0.1, 0.15) is 11.6 Å². The van der Waals surface area contributed by atoms with E-state index in [1.165, 1.54) is 0 Å². The molecule has 27 heavy (non-hydrogen) atoms. The molecule has 140 valence electrons. The smallest absolute Gasteiger partial charge is 0.248 e. The maximum atomic E-state index is 11.8. The van der Waals surface area contributed by atoms with Crippen molar-refractivity contribution in [3.05, 3.63) is 65.1 Å². The Morgan fingerprint density at radius 2 is 2.04 bits per heavy atom. The minimum absolute atomic E-state index is 0.0769. The van der Waals surface area contributed by atoms with E-state index in [4.69, 9.17) is 4.74 Å². The number of allylic oxidation sites excluding steroid dienone is 1. The normalized spacial score (nSPS) is 18.2. The Morgan fingerprint density at radius 3 is 2.81 bits per heavy atom. The molecule has 0 saturated carbocycles. The van der Waals surface area contributed by atoms with E-state index in [1.54, 1.807) is 6.08 Å². The van der Waals surface area contributed by atoms with E-state index >= 15 is 0 Å². The molecule has 0 bridgehead atoms. The van der Waals surface area contributed by atoms with E-state index in [1.807, 2.05) is 36.5 Å². The van der Waals surface area contributed by atoms with Gasteiger partial charge in [-0.2, -0.15) is 0 Å². The topological polar surface area (TPSA) is 57.2 Å². The molecule has 0 fully saturated rings. The highest BCUT2D eigenvalue weighted by Crippen LogP contribution is 2.34. The first-order valence-electron chi connectivity index (χ1n) is 9.28. The lowest BCUT2D eigenvalue weighted by molar-refractivity contribution is -0.115. The van der Waals surface area contributed by atoms with E-state index in [0.29, 0.717) is 6.61 Å². The van der Waals surface area contributed by atoms with E-state index in [2.05, 4.69) is 34.2 Å². The number of hydrogen-bond acceptors (Lipinski definition) is 5. The lowest BCUT2D eigenvalue weighted by Crippen LogP contribution is -2.31. The first-order chi connectivity index (χ1) is 13.1. The summed E-state index contributed by atoms with van der Waals surface area (Å²) in [5.41, 5.74) is 4.06. The standard InChI is InChI=1S/C21H24N4O2/c1-24(2)11-3-13-27-17-7-4-15(5-8-17)21-22-14-16-6-9-19(26)23-18-10-12-25(21)20(16)18/h4-9,14H,3,10-13H2,1-2H3,(H,23,26). The number of benzene rings is 1. The molecule has 0 aromatic heterocycles. The Balaban J connectivity index is 1.50. The number of carbonyl (C=O) groups excluding carboxylic acids is 1. The molecule has 0 unspecified atom stereocenters. The highest BCUT2D eigenvalue weighted by molar-refractivity contribution is 6.03. The van der Waals surface area contributed by atoms with Gasteiger partial charge in [-0.1, -0.05) is 0 Å². The Bertz CT molecular complexity index is 863. The average Bonchev–Trinajstić information content (AvgIpc) is 3.00. The largest absolute Gasteiger partial charge is 0.494 e. The summed E-state index contributed by atoms with van der Waals surface area (Å²) in [5.74, 6) is 1.70. The number of rotatable bonds is 6. The number of amidine groups is 1. The van der Waals surface area contributed by atoms with Gasteiger partial charge in [0.15, 0.2) is 0 Å². The van der Waals surface area contributed by atoms with Crippen LogP contribution in [0.4, 0.5) is 0 Å². The van der Waals surface area contributed by atoms with Crippen molar-refractivity contribution in [1.29, 1.82) is 0 Å². The molecule has 1 aromatic carbocycles. The molecule has 3 aliphatic heterocycles. The second-order valence-electron chi connectivity index (χ2n) is 7.12. The van der Waals surface area contributed by atoms with Crippen LogP contribution in [-0.2, 0) is 4.79 Å². The summed E-state index contributed by atoms with van der Waals surface area (Å²) < 4.78 is 5.82. The second kappa shape index (κ2) is 7.40. The summed E-state index contributed by atoms with van der Waals surface area (Å²) in [4.78, 5) is 20.8. The number of carbonyl (C=O) groups is 1. The Kier molecular flexibility index (Phi) is 4.81. The fraction of sp³-hybridized carbons (Fsp3) is 0.333. The average molecular weight is 364 g/mol. The van der Waals surface area contributed by atoms with Crippen LogP contribution in [0.2, 0.25) is 0 Å². The summed E-state index contributed by atoms with van der Waals surface area (Å²) in [6.07, 6.45) is 7.05. The first kappa shape index (κ1) is 17.5. The van der Waals surface area contributed by atoms with Gasteiger partial charge in [-0.15, -0.1) is 0 Å². The number of amides is 1. The van der Waals surface area contributed by atoms with Crippen LogP contribution in [0.3, 0.4) is 0 Å². The molecule has 0 atom stereocenters. The molecule has 3 aliphatic rings. The van der Waals surface area contributed by atoms with Gasteiger partial charge in [0.05, 0.1) is 12.3 Å². The number of nitrogens with zero attached hydrogens (tertiary/aromatic N) is 3. The van der Waals surface area contributed by atoms with Crippen molar-refractivity contribution in [2.24, 2.45) is 4.99 Å². The Labute approximate surface area is 159 Å². The van der Waals surface area contributed by atoms with E-state index in [-0.39, 0.29) is 5.91 Å². The van der Waals surface area contributed by atoms with Crippen LogP contribution in [0.1, 0.15) is 18.4 Å². The van der Waals surface area contributed by atoms with Gasteiger partial charge in [-0.05, 0) is 50.9 Å². The fourth-order valence-electron chi connectivity index (χ4n) is 3.52. The highest BCUT2D eigenvalue weighted by Gasteiger charge is 2.32. The summed E-state index contributed by atoms with van der Waals surface area (Å²) in [5, 5.41) is 2.98. The molecule has 6 nitrogen and oxygen atoms in total. The molecular formula is C21H24N4O2. The number of ether oxygens (including phenoxy) is 1. The third-order valence-electron chi connectivity index (χ3n) is 4.82. The van der Waals surface area contributed by atoms with Gasteiger partial charge in [-0.25, -0.2) is 4.99 Å². The SMILES string of the molecule is CN(C)CCCOc1ccc(C2=NC=C3C=CC(=O)NC4=C3N2CC4)cc1. The van der Waals surface area contributed by atoms with Gasteiger partial charge < -0.3 is 19.9 Å². The summed E-state index contributed by atoms with van der Waals surface area (Å²) >= 11 is 0. The predicted molar refractivity (Wildman–Crippen MR) is 105 cm³/mol. The van der Waals surface area contributed by atoms with Crippen LogP contribution in [0.25, 0.3) is 0 Å². The monoisotopic (exact) mass is 364 g/mol. The summed E-state index contributed by atoms with van der Waals surface area (Å²) in [7, 11) is 4.13. The van der Waals surface area contributed by atoms with Crippen molar-refractivity contribution < 1.29 is 9.53 Å². The Hall–Kier alpha value is -2.86. The molecule has 3 heterocycles. The van der Waals surface area contributed by atoms with Crippen molar-refractivity contribution in [2.75, 3.05) is 33.8 Å². The third-order valence-corrected chi connectivity index (χ3v) is 4.82. The van der Waals surface area contributed by atoms with Gasteiger partial charge in [-0.3, -0.25) is 4.79 Å². The van der Waals surface area contributed by atoms with E-state index < -0.39 is 0 Å². The molecule has 1 N–H and O–H groups in total. The molecular weight excluding hydrogens is 340 g/mol. The molecule has 0 radical (unpaired) electrons. The van der Waals surface area contributed by atoms with Gasteiger partial charge >= 0.3 is 0 Å². The molecule has 1 aromatic rings. The molecule has 0 spiro atoms. The zero-order valence-corrected chi connectivity index (χ0v) is 15.7. The van der Waals surface area contributed by atoms with Crippen LogP contribution in [0.15, 0.2) is 64.6 Å².